The minimum absolute atomic E-state index is 0.286. The molecule has 0 fully saturated rings. The molecule has 0 aromatic carbocycles. The Kier molecular flexibility index (Phi) is 2.93. The van der Waals surface area contributed by atoms with Crippen molar-refractivity contribution in [2.45, 2.75) is 19.9 Å². The molecule has 2 rings (SSSR count). The van der Waals surface area contributed by atoms with E-state index in [0.717, 1.165) is 10.1 Å². The molecule has 3 nitrogen and oxygen atoms in total. The maximum atomic E-state index is 5.62. The van der Waals surface area contributed by atoms with Gasteiger partial charge in [-0.3, -0.25) is 0 Å². The largest absolute Gasteiger partial charge is 0.389 e. The smallest absolute Gasteiger partial charge is 0.185 e. The summed E-state index contributed by atoms with van der Waals surface area (Å²) in [4.78, 5) is 6.83. The average Bonchev–Trinajstić information content (AvgIpc) is 2.75. The molecular weight excluding hydrogens is 226 g/mol. The first-order valence-electron chi connectivity index (χ1n) is 4.69. The number of hydrogen-bond donors (Lipinski definition) is 2. The number of aromatic nitrogens is 1. The third-order valence-corrected chi connectivity index (χ3v) is 3.99. The van der Waals surface area contributed by atoms with Crippen molar-refractivity contribution in [1.29, 1.82) is 0 Å². The Morgan fingerprint density at radius 1 is 1.40 bits per heavy atom. The van der Waals surface area contributed by atoms with E-state index < -0.39 is 0 Å². The van der Waals surface area contributed by atoms with Crippen LogP contribution >= 0.6 is 22.7 Å². The van der Waals surface area contributed by atoms with Crippen LogP contribution in [0.4, 0.5) is 10.1 Å². The van der Waals surface area contributed by atoms with Crippen molar-refractivity contribution >= 4 is 32.8 Å². The molecule has 15 heavy (non-hydrogen) atoms. The Morgan fingerprint density at radius 2 is 2.20 bits per heavy atom. The molecule has 0 saturated carbocycles. The second-order valence-corrected chi connectivity index (χ2v) is 5.76. The molecule has 0 aliphatic carbocycles. The van der Waals surface area contributed by atoms with Gasteiger partial charge in [-0.2, -0.15) is 0 Å². The summed E-state index contributed by atoms with van der Waals surface area (Å²) in [6, 6.07) is 4.57. The van der Waals surface area contributed by atoms with Gasteiger partial charge in [0.15, 0.2) is 5.13 Å². The highest BCUT2D eigenvalue weighted by atomic mass is 32.1. The van der Waals surface area contributed by atoms with Gasteiger partial charge in [0.25, 0.3) is 0 Å². The Morgan fingerprint density at radius 3 is 2.73 bits per heavy atom. The van der Waals surface area contributed by atoms with Crippen molar-refractivity contribution in [3.63, 3.8) is 0 Å². The fourth-order valence-electron chi connectivity index (χ4n) is 1.30. The predicted molar refractivity (Wildman–Crippen MR) is 67.6 cm³/mol. The van der Waals surface area contributed by atoms with Crippen LogP contribution in [-0.2, 0) is 0 Å². The van der Waals surface area contributed by atoms with Gasteiger partial charge >= 0.3 is 0 Å². The topological polar surface area (TPSA) is 50.9 Å². The summed E-state index contributed by atoms with van der Waals surface area (Å²) < 4.78 is 0. The fraction of sp³-hybridized carbons (Fsp3) is 0.300. The minimum Gasteiger partial charge on any atom is -0.389 e. The molecule has 0 bridgehead atoms. The number of nitrogen functional groups attached to an aromatic ring is 1. The summed E-state index contributed by atoms with van der Waals surface area (Å²) in [7, 11) is 0. The second kappa shape index (κ2) is 4.20. The molecule has 5 heteroatoms. The van der Waals surface area contributed by atoms with Crippen molar-refractivity contribution in [2.24, 2.45) is 0 Å². The molecule has 80 valence electrons. The highest BCUT2D eigenvalue weighted by molar-refractivity contribution is 7.19. The van der Waals surface area contributed by atoms with E-state index in [-0.39, 0.29) is 6.04 Å². The molecule has 0 aliphatic heterocycles. The second-order valence-electron chi connectivity index (χ2n) is 3.38. The molecule has 0 aliphatic rings. The van der Waals surface area contributed by atoms with Gasteiger partial charge in [0.2, 0.25) is 0 Å². The zero-order valence-electron chi connectivity index (χ0n) is 8.65. The molecule has 0 saturated heterocycles. The van der Waals surface area contributed by atoms with Crippen molar-refractivity contribution in [3.8, 4) is 0 Å². The van der Waals surface area contributed by atoms with E-state index in [1.807, 2.05) is 0 Å². The molecule has 0 radical (unpaired) electrons. The average molecular weight is 239 g/mol. The van der Waals surface area contributed by atoms with Crippen LogP contribution < -0.4 is 11.1 Å². The van der Waals surface area contributed by atoms with Crippen LogP contribution in [0.5, 0.6) is 0 Å². The van der Waals surface area contributed by atoms with E-state index in [1.165, 1.54) is 21.1 Å². The van der Waals surface area contributed by atoms with Crippen molar-refractivity contribution in [1.82, 2.24) is 4.98 Å². The molecule has 0 amide bonds. The third kappa shape index (κ3) is 2.49. The predicted octanol–water partition coefficient (Wildman–Crippen LogP) is 3.27. The lowest BCUT2D eigenvalue weighted by molar-refractivity contribution is 0.904. The van der Waals surface area contributed by atoms with Gasteiger partial charge < -0.3 is 11.1 Å². The first-order chi connectivity index (χ1) is 7.15. The Hall–Kier alpha value is -1.07. The van der Waals surface area contributed by atoms with Crippen molar-refractivity contribution < 1.29 is 0 Å². The van der Waals surface area contributed by atoms with E-state index in [9.17, 15) is 0 Å². The van der Waals surface area contributed by atoms with Gasteiger partial charge in [-0.15, -0.1) is 11.3 Å². The number of aryl methyl sites for hydroxylation is 1. The van der Waals surface area contributed by atoms with E-state index >= 15 is 0 Å². The van der Waals surface area contributed by atoms with E-state index in [0.29, 0.717) is 0 Å². The number of thiazole rings is 1. The van der Waals surface area contributed by atoms with Crippen LogP contribution in [0.3, 0.4) is 0 Å². The fourth-order valence-corrected chi connectivity index (χ4v) is 2.85. The number of thiophene rings is 1. The lowest BCUT2D eigenvalue weighted by atomic mass is 10.3. The zero-order valence-corrected chi connectivity index (χ0v) is 10.3. The lowest BCUT2D eigenvalue weighted by Crippen LogP contribution is -2.03. The summed E-state index contributed by atoms with van der Waals surface area (Å²) in [5.41, 5.74) is 5.62. The van der Waals surface area contributed by atoms with Gasteiger partial charge in [0.1, 0.15) is 5.00 Å². The van der Waals surface area contributed by atoms with E-state index in [4.69, 9.17) is 5.73 Å². The molecule has 2 heterocycles. The summed E-state index contributed by atoms with van der Waals surface area (Å²) in [6.45, 7) is 4.24. The summed E-state index contributed by atoms with van der Waals surface area (Å²) >= 11 is 3.28. The number of nitrogens with one attached hydrogen (secondary N) is 1. The van der Waals surface area contributed by atoms with Crippen LogP contribution in [0.2, 0.25) is 0 Å². The zero-order chi connectivity index (χ0) is 10.8. The third-order valence-electron chi connectivity index (χ3n) is 2.05. The van der Waals surface area contributed by atoms with Gasteiger partial charge in [0.05, 0.1) is 12.2 Å². The highest BCUT2D eigenvalue weighted by Gasteiger charge is 2.09. The SMILES string of the molecule is Cc1ccc(C(C)Nc2ncc(N)s2)s1. The highest BCUT2D eigenvalue weighted by Crippen LogP contribution is 2.28. The Balaban J connectivity index is 2.06. The maximum Gasteiger partial charge on any atom is 0.185 e. The number of hydrogen-bond acceptors (Lipinski definition) is 5. The first-order valence-corrected chi connectivity index (χ1v) is 6.32. The quantitative estimate of drug-likeness (QED) is 0.864. The number of nitrogens with two attached hydrogens (primary N) is 1. The standard InChI is InChI=1S/C10H13N3S2/c1-6-3-4-8(14-6)7(2)13-10-12-5-9(11)15-10/h3-5,7H,11H2,1-2H3,(H,12,13). The molecule has 2 aromatic heterocycles. The van der Waals surface area contributed by atoms with E-state index in [1.54, 1.807) is 17.5 Å². The van der Waals surface area contributed by atoms with Crippen LogP contribution in [0.15, 0.2) is 18.3 Å². The van der Waals surface area contributed by atoms with Gasteiger partial charge in [-0.25, -0.2) is 4.98 Å². The number of rotatable bonds is 3. The summed E-state index contributed by atoms with van der Waals surface area (Å²) in [5.74, 6) is 0. The number of nitrogens with zero attached hydrogens (tertiary/aromatic N) is 1. The molecule has 0 spiro atoms. The van der Waals surface area contributed by atoms with E-state index in [2.05, 4.69) is 36.3 Å². The normalized spacial score (nSPS) is 12.7. The molecular formula is C10H13N3S2. The molecule has 3 N–H and O–H groups in total. The molecule has 1 atom stereocenters. The summed E-state index contributed by atoms with van der Waals surface area (Å²) in [6.07, 6.45) is 1.68. The maximum absolute atomic E-state index is 5.62. The Labute approximate surface area is 97.0 Å². The molecule has 2 aromatic rings. The Bertz CT molecular complexity index is 447. The van der Waals surface area contributed by atoms with Crippen LogP contribution in [0, 0.1) is 6.92 Å². The van der Waals surface area contributed by atoms with Crippen molar-refractivity contribution in [2.75, 3.05) is 11.1 Å². The van der Waals surface area contributed by atoms with Gasteiger partial charge in [-0.05, 0) is 26.0 Å². The van der Waals surface area contributed by atoms with Crippen molar-refractivity contribution in [3.05, 3.63) is 28.1 Å². The van der Waals surface area contributed by atoms with Gasteiger partial charge in [0, 0.05) is 9.75 Å². The first kappa shape index (κ1) is 10.4. The van der Waals surface area contributed by atoms with Gasteiger partial charge in [-0.1, -0.05) is 11.3 Å². The monoisotopic (exact) mass is 239 g/mol. The summed E-state index contributed by atoms with van der Waals surface area (Å²) in [5, 5.41) is 4.95. The van der Waals surface area contributed by atoms with Crippen LogP contribution in [-0.4, -0.2) is 4.98 Å². The number of anilines is 2. The van der Waals surface area contributed by atoms with Crippen LogP contribution in [0.1, 0.15) is 22.7 Å². The minimum atomic E-state index is 0.286. The van der Waals surface area contributed by atoms with Crippen LogP contribution in [0.25, 0.3) is 0 Å². The molecule has 1 unspecified atom stereocenters. The lowest BCUT2D eigenvalue weighted by Gasteiger charge is -2.10.